The molecule has 1 aromatic carbocycles. The van der Waals surface area contributed by atoms with Crippen LogP contribution in [0.3, 0.4) is 0 Å². The second-order valence-electron chi connectivity index (χ2n) is 3.16. The molecule has 0 spiro atoms. The molecule has 0 bridgehead atoms. The maximum absolute atomic E-state index is 11.9. The molecule has 0 saturated carbocycles. The zero-order valence-electron chi connectivity index (χ0n) is 8.13. The SMILES string of the molecule is CCCS(=N)(=O)c1cccc(CCl)c1. The van der Waals surface area contributed by atoms with Crippen LogP contribution in [0.1, 0.15) is 18.9 Å². The average molecular weight is 232 g/mol. The molecule has 1 atom stereocenters. The molecular weight excluding hydrogens is 218 g/mol. The second kappa shape index (κ2) is 4.80. The second-order valence-corrected chi connectivity index (χ2v) is 5.66. The molecule has 1 aromatic rings. The molecule has 1 unspecified atom stereocenters. The summed E-state index contributed by atoms with van der Waals surface area (Å²) < 4.78 is 19.6. The quantitative estimate of drug-likeness (QED) is 0.795. The van der Waals surface area contributed by atoms with E-state index in [1.165, 1.54) is 0 Å². The van der Waals surface area contributed by atoms with Gasteiger partial charge in [-0.25, -0.2) is 8.99 Å². The van der Waals surface area contributed by atoms with Crippen molar-refractivity contribution in [2.24, 2.45) is 0 Å². The summed E-state index contributed by atoms with van der Waals surface area (Å²) in [5, 5.41) is 0. The minimum atomic E-state index is -2.60. The zero-order valence-corrected chi connectivity index (χ0v) is 9.70. The molecule has 1 rings (SSSR count). The van der Waals surface area contributed by atoms with Gasteiger partial charge in [0.2, 0.25) is 0 Å². The van der Waals surface area contributed by atoms with E-state index in [4.69, 9.17) is 16.4 Å². The Bertz CT molecular complexity index is 400. The monoisotopic (exact) mass is 231 g/mol. The van der Waals surface area contributed by atoms with E-state index in [9.17, 15) is 4.21 Å². The third-order valence-corrected chi connectivity index (χ3v) is 4.23. The van der Waals surface area contributed by atoms with Crippen LogP contribution in [0.5, 0.6) is 0 Å². The number of halogens is 1. The Labute approximate surface area is 90.3 Å². The average Bonchev–Trinajstić information content (AvgIpc) is 2.18. The summed E-state index contributed by atoms with van der Waals surface area (Å²) >= 11 is 5.67. The van der Waals surface area contributed by atoms with Crippen LogP contribution in [-0.4, -0.2) is 9.96 Å². The highest BCUT2D eigenvalue weighted by molar-refractivity contribution is 7.92. The number of benzene rings is 1. The predicted molar refractivity (Wildman–Crippen MR) is 60.3 cm³/mol. The van der Waals surface area contributed by atoms with E-state index in [0.717, 1.165) is 12.0 Å². The molecule has 14 heavy (non-hydrogen) atoms. The highest BCUT2D eigenvalue weighted by Crippen LogP contribution is 2.15. The topological polar surface area (TPSA) is 40.9 Å². The summed E-state index contributed by atoms with van der Waals surface area (Å²) in [6.45, 7) is 1.93. The first-order valence-electron chi connectivity index (χ1n) is 4.51. The number of alkyl halides is 1. The Morgan fingerprint density at radius 3 is 2.79 bits per heavy atom. The van der Waals surface area contributed by atoms with E-state index < -0.39 is 9.73 Å². The molecule has 0 fully saturated rings. The summed E-state index contributed by atoms with van der Waals surface area (Å²) in [6.07, 6.45) is 0.757. The van der Waals surface area contributed by atoms with Gasteiger partial charge in [-0.15, -0.1) is 11.6 Å². The van der Waals surface area contributed by atoms with Crippen LogP contribution >= 0.6 is 11.6 Å². The van der Waals surface area contributed by atoms with Crippen LogP contribution in [0.4, 0.5) is 0 Å². The molecule has 1 N–H and O–H groups in total. The minimum absolute atomic E-state index is 0.398. The number of hydrogen-bond acceptors (Lipinski definition) is 2. The fraction of sp³-hybridized carbons (Fsp3) is 0.400. The van der Waals surface area contributed by atoms with Crippen molar-refractivity contribution in [2.75, 3.05) is 5.75 Å². The van der Waals surface area contributed by atoms with Crippen LogP contribution in [-0.2, 0) is 15.6 Å². The Kier molecular flexibility index (Phi) is 3.96. The standard InChI is InChI=1S/C10H14ClNOS/c1-2-6-14(12,13)10-5-3-4-9(7-10)8-11/h3-5,7,12H,2,6,8H2,1H3. The smallest absolute Gasteiger partial charge is 0.0726 e. The fourth-order valence-electron chi connectivity index (χ4n) is 1.24. The van der Waals surface area contributed by atoms with E-state index in [2.05, 4.69) is 0 Å². The molecule has 0 radical (unpaired) electrons. The van der Waals surface area contributed by atoms with Crippen molar-refractivity contribution < 1.29 is 4.21 Å². The van der Waals surface area contributed by atoms with Gasteiger partial charge in [0.25, 0.3) is 0 Å². The van der Waals surface area contributed by atoms with E-state index in [-0.39, 0.29) is 0 Å². The minimum Gasteiger partial charge on any atom is -0.249 e. The first kappa shape index (κ1) is 11.5. The van der Waals surface area contributed by atoms with Gasteiger partial charge in [-0.3, -0.25) is 0 Å². The molecule has 4 heteroatoms. The van der Waals surface area contributed by atoms with Crippen molar-refractivity contribution in [1.82, 2.24) is 0 Å². The third-order valence-electron chi connectivity index (χ3n) is 1.93. The van der Waals surface area contributed by atoms with Crippen molar-refractivity contribution in [3.05, 3.63) is 29.8 Å². The van der Waals surface area contributed by atoms with E-state index in [0.29, 0.717) is 16.5 Å². The first-order valence-corrected chi connectivity index (χ1v) is 6.77. The molecule has 0 aliphatic carbocycles. The summed E-state index contributed by atoms with van der Waals surface area (Å²) in [5.74, 6) is 0.814. The summed E-state index contributed by atoms with van der Waals surface area (Å²) in [5.41, 5.74) is 0.917. The lowest BCUT2D eigenvalue weighted by atomic mass is 10.2. The summed E-state index contributed by atoms with van der Waals surface area (Å²) in [4.78, 5) is 0.595. The van der Waals surface area contributed by atoms with Gasteiger partial charge in [-0.05, 0) is 24.1 Å². The van der Waals surface area contributed by atoms with Crippen molar-refractivity contribution >= 4 is 21.3 Å². The van der Waals surface area contributed by atoms with Gasteiger partial charge in [0, 0.05) is 16.5 Å². The Morgan fingerprint density at radius 1 is 1.50 bits per heavy atom. The lowest BCUT2D eigenvalue weighted by Crippen LogP contribution is -2.04. The van der Waals surface area contributed by atoms with Gasteiger partial charge >= 0.3 is 0 Å². The van der Waals surface area contributed by atoms with Gasteiger partial charge in [0.05, 0.1) is 9.73 Å². The fourth-order valence-corrected chi connectivity index (χ4v) is 2.86. The maximum Gasteiger partial charge on any atom is 0.0726 e. The van der Waals surface area contributed by atoms with Gasteiger partial charge in [0.1, 0.15) is 0 Å². The molecule has 78 valence electrons. The van der Waals surface area contributed by atoms with Gasteiger partial charge in [-0.1, -0.05) is 19.1 Å². The van der Waals surface area contributed by atoms with E-state index in [1.807, 2.05) is 13.0 Å². The Hall–Kier alpha value is -0.540. The lowest BCUT2D eigenvalue weighted by molar-refractivity contribution is 0.673. The van der Waals surface area contributed by atoms with Crippen LogP contribution < -0.4 is 0 Å². The maximum atomic E-state index is 11.9. The summed E-state index contributed by atoms with van der Waals surface area (Å²) in [7, 11) is -2.60. The molecule has 2 nitrogen and oxygen atoms in total. The number of nitrogens with one attached hydrogen (secondary N) is 1. The molecule has 0 amide bonds. The summed E-state index contributed by atoms with van der Waals surface area (Å²) in [6, 6.07) is 7.17. The number of rotatable bonds is 4. The number of hydrogen-bond donors (Lipinski definition) is 1. The van der Waals surface area contributed by atoms with Crippen LogP contribution in [0.25, 0.3) is 0 Å². The molecule has 0 aromatic heterocycles. The Morgan fingerprint density at radius 2 is 2.21 bits per heavy atom. The van der Waals surface area contributed by atoms with Gasteiger partial charge in [-0.2, -0.15) is 0 Å². The van der Waals surface area contributed by atoms with E-state index in [1.54, 1.807) is 18.2 Å². The van der Waals surface area contributed by atoms with Crippen molar-refractivity contribution in [3.8, 4) is 0 Å². The van der Waals surface area contributed by atoms with Crippen molar-refractivity contribution in [3.63, 3.8) is 0 Å². The van der Waals surface area contributed by atoms with Crippen LogP contribution in [0, 0.1) is 4.78 Å². The molecule has 0 saturated heterocycles. The van der Waals surface area contributed by atoms with Crippen molar-refractivity contribution in [1.29, 1.82) is 4.78 Å². The van der Waals surface area contributed by atoms with Crippen LogP contribution in [0.15, 0.2) is 29.2 Å². The van der Waals surface area contributed by atoms with Crippen molar-refractivity contribution in [2.45, 2.75) is 24.1 Å². The molecule has 0 aliphatic heterocycles. The highest BCUT2D eigenvalue weighted by atomic mass is 35.5. The van der Waals surface area contributed by atoms with Crippen LogP contribution in [0.2, 0.25) is 0 Å². The molecule has 0 heterocycles. The molecular formula is C10H14ClNOS. The largest absolute Gasteiger partial charge is 0.249 e. The van der Waals surface area contributed by atoms with Gasteiger partial charge < -0.3 is 0 Å². The Balaban J connectivity index is 3.07. The van der Waals surface area contributed by atoms with Gasteiger partial charge in [0.15, 0.2) is 0 Å². The highest BCUT2D eigenvalue weighted by Gasteiger charge is 2.08. The lowest BCUT2D eigenvalue weighted by Gasteiger charge is -2.06. The van der Waals surface area contributed by atoms with E-state index >= 15 is 0 Å². The molecule has 0 aliphatic rings. The normalized spacial score (nSPS) is 15.0. The zero-order chi connectivity index (χ0) is 10.6. The predicted octanol–water partition coefficient (Wildman–Crippen LogP) is 3.24. The third kappa shape index (κ3) is 2.72. The first-order chi connectivity index (χ1) is 6.60.